The standard InChI is InChI=1S/C26H32N6O4/c1-5-18-6-8-19(9-7-18)29-21-16-27-11-10-20(21)30-23(33)22-17-28-24(35-22)31-12-14-32(15-13-31)25(34)36-26(2,3)4/h6-11,16-17,29H,5,12-15H2,1-4H3,(H,27,30,33). The summed E-state index contributed by atoms with van der Waals surface area (Å²) in [6.07, 6.45) is 5.30. The average molecular weight is 493 g/mol. The number of piperazine rings is 1. The van der Waals surface area contributed by atoms with Crippen LogP contribution in [0.25, 0.3) is 0 Å². The normalized spacial score (nSPS) is 13.9. The number of nitrogens with zero attached hydrogens (tertiary/aromatic N) is 4. The fraction of sp³-hybridized carbons (Fsp3) is 0.385. The lowest BCUT2D eigenvalue weighted by Gasteiger charge is -2.34. The summed E-state index contributed by atoms with van der Waals surface area (Å²) >= 11 is 0. The first-order valence-electron chi connectivity index (χ1n) is 12.0. The van der Waals surface area contributed by atoms with Gasteiger partial charge in [0.1, 0.15) is 5.60 Å². The van der Waals surface area contributed by atoms with E-state index in [2.05, 4.69) is 39.7 Å². The number of carbonyl (C=O) groups excluding carboxylic acids is 2. The van der Waals surface area contributed by atoms with Crippen molar-refractivity contribution in [3.63, 3.8) is 0 Å². The van der Waals surface area contributed by atoms with Crippen molar-refractivity contribution >= 4 is 35.1 Å². The topological polar surface area (TPSA) is 113 Å². The number of anilines is 4. The molecule has 0 atom stereocenters. The van der Waals surface area contributed by atoms with Gasteiger partial charge in [0.05, 0.1) is 23.8 Å². The third-order valence-corrected chi connectivity index (χ3v) is 5.63. The minimum atomic E-state index is -0.539. The second kappa shape index (κ2) is 10.7. The molecule has 1 aliphatic rings. The number of benzene rings is 1. The third kappa shape index (κ3) is 6.32. The van der Waals surface area contributed by atoms with Gasteiger partial charge in [0.25, 0.3) is 11.9 Å². The van der Waals surface area contributed by atoms with E-state index in [0.29, 0.717) is 43.6 Å². The molecule has 1 aromatic carbocycles. The lowest BCUT2D eigenvalue weighted by Crippen LogP contribution is -2.50. The Morgan fingerprint density at radius 1 is 1.03 bits per heavy atom. The zero-order valence-corrected chi connectivity index (χ0v) is 21.1. The van der Waals surface area contributed by atoms with Gasteiger partial charge >= 0.3 is 6.09 Å². The van der Waals surface area contributed by atoms with Crippen LogP contribution in [-0.2, 0) is 11.2 Å². The highest BCUT2D eigenvalue weighted by atomic mass is 16.6. The molecule has 190 valence electrons. The van der Waals surface area contributed by atoms with Crippen LogP contribution in [0.15, 0.2) is 53.3 Å². The van der Waals surface area contributed by atoms with Crippen LogP contribution in [0.2, 0.25) is 0 Å². The maximum atomic E-state index is 12.9. The molecule has 2 N–H and O–H groups in total. The Kier molecular flexibility index (Phi) is 7.42. The number of oxazole rings is 1. The van der Waals surface area contributed by atoms with E-state index in [4.69, 9.17) is 9.15 Å². The molecule has 4 rings (SSSR count). The van der Waals surface area contributed by atoms with Gasteiger partial charge < -0.3 is 29.6 Å². The summed E-state index contributed by atoms with van der Waals surface area (Å²) in [6, 6.07) is 10.1. The molecule has 0 spiro atoms. The van der Waals surface area contributed by atoms with E-state index >= 15 is 0 Å². The number of carbonyl (C=O) groups is 2. The molecule has 1 saturated heterocycles. The maximum absolute atomic E-state index is 12.9. The predicted molar refractivity (Wildman–Crippen MR) is 138 cm³/mol. The average Bonchev–Trinajstić information content (AvgIpc) is 3.35. The van der Waals surface area contributed by atoms with Gasteiger partial charge in [-0.3, -0.25) is 9.78 Å². The largest absolute Gasteiger partial charge is 0.444 e. The number of aryl methyl sites for hydroxylation is 1. The van der Waals surface area contributed by atoms with Crippen molar-refractivity contribution < 1.29 is 18.7 Å². The van der Waals surface area contributed by atoms with Crippen LogP contribution in [0.4, 0.5) is 27.9 Å². The fourth-order valence-corrected chi connectivity index (χ4v) is 3.69. The molecule has 0 radical (unpaired) electrons. The second-order valence-corrected chi connectivity index (χ2v) is 9.51. The van der Waals surface area contributed by atoms with Crippen molar-refractivity contribution in [2.24, 2.45) is 0 Å². The van der Waals surface area contributed by atoms with Crippen LogP contribution < -0.4 is 15.5 Å². The molecule has 10 heteroatoms. The number of pyridine rings is 1. The zero-order valence-electron chi connectivity index (χ0n) is 21.1. The summed E-state index contributed by atoms with van der Waals surface area (Å²) < 4.78 is 11.2. The second-order valence-electron chi connectivity index (χ2n) is 9.51. The van der Waals surface area contributed by atoms with Crippen molar-refractivity contribution in [1.29, 1.82) is 0 Å². The van der Waals surface area contributed by atoms with Gasteiger partial charge in [0.15, 0.2) is 0 Å². The van der Waals surface area contributed by atoms with Crippen molar-refractivity contribution in [3.05, 3.63) is 60.2 Å². The summed E-state index contributed by atoms with van der Waals surface area (Å²) in [6.45, 7) is 9.63. The van der Waals surface area contributed by atoms with Crippen molar-refractivity contribution in [2.45, 2.75) is 39.7 Å². The van der Waals surface area contributed by atoms with Crippen LogP contribution in [0.1, 0.15) is 43.8 Å². The molecular formula is C26H32N6O4. The molecule has 36 heavy (non-hydrogen) atoms. The Bertz CT molecular complexity index is 1190. The lowest BCUT2D eigenvalue weighted by atomic mass is 10.1. The Morgan fingerprint density at radius 2 is 1.75 bits per heavy atom. The Balaban J connectivity index is 1.36. The van der Waals surface area contributed by atoms with Gasteiger partial charge in [0.2, 0.25) is 5.76 Å². The van der Waals surface area contributed by atoms with E-state index in [-0.39, 0.29) is 11.9 Å². The van der Waals surface area contributed by atoms with Gasteiger partial charge in [-0.05, 0) is 51.0 Å². The smallest absolute Gasteiger partial charge is 0.410 e. The monoisotopic (exact) mass is 492 g/mol. The first-order valence-corrected chi connectivity index (χ1v) is 12.0. The molecule has 3 aromatic rings. The molecule has 0 saturated carbocycles. The Morgan fingerprint density at radius 3 is 2.42 bits per heavy atom. The summed E-state index contributed by atoms with van der Waals surface area (Å²) in [5.41, 5.74) is 2.82. The Labute approximate surface area is 210 Å². The van der Waals surface area contributed by atoms with Crippen LogP contribution in [-0.4, -0.2) is 58.6 Å². The van der Waals surface area contributed by atoms with Crippen molar-refractivity contribution in [2.75, 3.05) is 41.7 Å². The van der Waals surface area contributed by atoms with Crippen LogP contribution >= 0.6 is 0 Å². The van der Waals surface area contributed by atoms with E-state index in [1.165, 1.54) is 11.8 Å². The third-order valence-electron chi connectivity index (χ3n) is 5.63. The van der Waals surface area contributed by atoms with Gasteiger partial charge in [-0.25, -0.2) is 9.78 Å². The summed E-state index contributed by atoms with van der Waals surface area (Å²) in [4.78, 5) is 37.2. The molecule has 3 heterocycles. The molecule has 1 fully saturated rings. The number of nitrogens with one attached hydrogen (secondary N) is 2. The number of aromatic nitrogens is 2. The van der Waals surface area contributed by atoms with Crippen molar-refractivity contribution in [3.8, 4) is 0 Å². The molecule has 0 aliphatic carbocycles. The summed E-state index contributed by atoms with van der Waals surface area (Å²) in [7, 11) is 0. The van der Waals surface area contributed by atoms with E-state index in [1.54, 1.807) is 23.4 Å². The van der Waals surface area contributed by atoms with Crippen LogP contribution in [0, 0.1) is 0 Å². The highest BCUT2D eigenvalue weighted by molar-refractivity contribution is 6.04. The van der Waals surface area contributed by atoms with Gasteiger partial charge in [-0.2, -0.15) is 0 Å². The Hall–Kier alpha value is -4.08. The van der Waals surface area contributed by atoms with Gasteiger partial charge in [0, 0.05) is 38.1 Å². The van der Waals surface area contributed by atoms with Crippen molar-refractivity contribution in [1.82, 2.24) is 14.9 Å². The SMILES string of the molecule is CCc1ccc(Nc2cnccc2NC(=O)c2cnc(N3CCN(C(=O)OC(C)(C)C)CC3)o2)cc1. The molecule has 1 aliphatic heterocycles. The molecule has 0 unspecified atom stereocenters. The van der Waals surface area contributed by atoms with E-state index in [1.807, 2.05) is 37.8 Å². The quantitative estimate of drug-likeness (QED) is 0.510. The van der Waals surface area contributed by atoms with E-state index in [0.717, 1.165) is 12.1 Å². The van der Waals surface area contributed by atoms with Crippen LogP contribution in [0.5, 0.6) is 0 Å². The first kappa shape index (κ1) is 25.0. The summed E-state index contributed by atoms with van der Waals surface area (Å²) in [5, 5.41) is 6.16. The number of amides is 2. The van der Waals surface area contributed by atoms with Crippen LogP contribution in [0.3, 0.4) is 0 Å². The van der Waals surface area contributed by atoms with E-state index < -0.39 is 11.5 Å². The molecule has 2 amide bonds. The van der Waals surface area contributed by atoms with E-state index in [9.17, 15) is 9.59 Å². The molecule has 2 aromatic heterocycles. The fourth-order valence-electron chi connectivity index (χ4n) is 3.69. The number of ether oxygens (including phenoxy) is 1. The molecule has 10 nitrogen and oxygen atoms in total. The van der Waals surface area contributed by atoms with Gasteiger partial charge in [-0.1, -0.05) is 19.1 Å². The lowest BCUT2D eigenvalue weighted by molar-refractivity contribution is 0.0239. The maximum Gasteiger partial charge on any atom is 0.410 e. The number of hydrogen-bond donors (Lipinski definition) is 2. The highest BCUT2D eigenvalue weighted by Gasteiger charge is 2.28. The highest BCUT2D eigenvalue weighted by Crippen LogP contribution is 2.26. The first-order chi connectivity index (χ1) is 17.2. The zero-order chi connectivity index (χ0) is 25.7. The van der Waals surface area contributed by atoms with Gasteiger partial charge in [-0.15, -0.1) is 0 Å². The minimum Gasteiger partial charge on any atom is -0.444 e. The number of rotatable bonds is 6. The minimum absolute atomic E-state index is 0.0923. The molecular weight excluding hydrogens is 460 g/mol. The molecule has 0 bridgehead atoms. The summed E-state index contributed by atoms with van der Waals surface area (Å²) in [5.74, 6) is -0.327. The predicted octanol–water partition coefficient (Wildman–Crippen LogP) is 4.69. The number of hydrogen-bond acceptors (Lipinski definition) is 8.